The minimum absolute atomic E-state index is 0.221. The van der Waals surface area contributed by atoms with Gasteiger partial charge in [0, 0.05) is 16.1 Å². The van der Waals surface area contributed by atoms with E-state index >= 15 is 0 Å². The van der Waals surface area contributed by atoms with Gasteiger partial charge in [0.25, 0.3) is 0 Å². The van der Waals surface area contributed by atoms with Crippen LogP contribution in [0.3, 0.4) is 0 Å². The van der Waals surface area contributed by atoms with E-state index in [1.165, 1.54) is 0 Å². The van der Waals surface area contributed by atoms with Gasteiger partial charge in [-0.25, -0.2) is 9.97 Å². The van der Waals surface area contributed by atoms with Gasteiger partial charge in [-0.1, -0.05) is 41.9 Å². The predicted octanol–water partition coefficient (Wildman–Crippen LogP) is 5.90. The van der Waals surface area contributed by atoms with Gasteiger partial charge in [0.15, 0.2) is 5.82 Å². The average molecular weight is 374 g/mol. The Balaban J connectivity index is 1.72. The molecule has 0 aliphatic heterocycles. The third-order valence-corrected chi connectivity index (χ3v) is 4.26. The molecule has 0 aliphatic rings. The molecule has 5 heteroatoms. The van der Waals surface area contributed by atoms with Crippen molar-refractivity contribution in [2.24, 2.45) is 0 Å². The molecule has 0 spiro atoms. The summed E-state index contributed by atoms with van der Waals surface area (Å²) < 4.78 is 0. The van der Waals surface area contributed by atoms with Crippen LogP contribution in [0.4, 0.5) is 11.5 Å². The number of hydrogen-bond donors (Lipinski definition) is 2. The van der Waals surface area contributed by atoms with E-state index in [1.807, 2.05) is 60.7 Å². The zero-order valence-corrected chi connectivity index (χ0v) is 15.1. The number of phenols is 1. The van der Waals surface area contributed by atoms with Crippen LogP contribution in [0.25, 0.3) is 23.1 Å². The summed E-state index contributed by atoms with van der Waals surface area (Å²) in [5.74, 6) is 1.52. The molecule has 0 atom stereocenters. The number of hydrogen-bond acceptors (Lipinski definition) is 4. The normalized spacial score (nSPS) is 11.1. The molecule has 3 aromatic carbocycles. The molecule has 0 aliphatic carbocycles. The number of aromatic nitrogens is 2. The van der Waals surface area contributed by atoms with Gasteiger partial charge >= 0.3 is 0 Å². The summed E-state index contributed by atoms with van der Waals surface area (Å²) in [5.41, 5.74) is 2.66. The fraction of sp³-hybridized carbons (Fsp3) is 0. The van der Waals surface area contributed by atoms with E-state index < -0.39 is 0 Å². The minimum Gasteiger partial charge on any atom is -0.508 e. The Morgan fingerprint density at radius 1 is 0.852 bits per heavy atom. The monoisotopic (exact) mass is 373 g/mol. The second-order valence-corrected chi connectivity index (χ2v) is 6.44. The molecule has 2 N–H and O–H groups in total. The van der Waals surface area contributed by atoms with Crippen LogP contribution in [-0.2, 0) is 0 Å². The number of nitrogens with zero attached hydrogens (tertiary/aromatic N) is 2. The largest absolute Gasteiger partial charge is 0.508 e. The molecule has 0 saturated carbocycles. The molecule has 4 rings (SSSR count). The van der Waals surface area contributed by atoms with Crippen molar-refractivity contribution in [2.75, 3.05) is 5.32 Å². The lowest BCUT2D eigenvalue weighted by Gasteiger charge is -2.10. The highest BCUT2D eigenvalue weighted by molar-refractivity contribution is 6.30. The Kier molecular flexibility index (Phi) is 4.73. The van der Waals surface area contributed by atoms with E-state index in [2.05, 4.69) is 15.3 Å². The summed E-state index contributed by atoms with van der Waals surface area (Å²) >= 11 is 6.04. The van der Waals surface area contributed by atoms with Crippen molar-refractivity contribution in [1.82, 2.24) is 9.97 Å². The van der Waals surface area contributed by atoms with Crippen LogP contribution in [0, 0.1) is 0 Å². The zero-order chi connectivity index (χ0) is 18.6. The average Bonchev–Trinajstić information content (AvgIpc) is 2.68. The molecule has 1 heterocycles. The first kappa shape index (κ1) is 17.1. The number of para-hydroxylation sites is 1. The molecule has 0 bridgehead atoms. The first-order valence-corrected chi connectivity index (χ1v) is 8.82. The van der Waals surface area contributed by atoms with E-state index in [0.29, 0.717) is 16.7 Å². The first-order chi connectivity index (χ1) is 13.2. The van der Waals surface area contributed by atoms with Gasteiger partial charge in [-0.3, -0.25) is 0 Å². The highest BCUT2D eigenvalue weighted by atomic mass is 35.5. The quantitative estimate of drug-likeness (QED) is 0.437. The maximum absolute atomic E-state index is 9.46. The van der Waals surface area contributed by atoms with Crippen LogP contribution in [-0.4, -0.2) is 15.1 Å². The third-order valence-electron chi connectivity index (χ3n) is 4.02. The zero-order valence-electron chi connectivity index (χ0n) is 14.3. The van der Waals surface area contributed by atoms with Crippen molar-refractivity contribution < 1.29 is 5.11 Å². The number of rotatable bonds is 4. The lowest BCUT2D eigenvalue weighted by Crippen LogP contribution is -1.99. The van der Waals surface area contributed by atoms with Gasteiger partial charge < -0.3 is 10.4 Å². The molecular formula is C22H16ClN3O. The van der Waals surface area contributed by atoms with Crippen molar-refractivity contribution in [3.63, 3.8) is 0 Å². The minimum atomic E-state index is 0.221. The summed E-state index contributed by atoms with van der Waals surface area (Å²) in [4.78, 5) is 9.27. The summed E-state index contributed by atoms with van der Waals surface area (Å²) in [6.07, 6.45) is 3.79. The molecule has 0 saturated heterocycles. The molecule has 0 fully saturated rings. The highest BCUT2D eigenvalue weighted by Crippen LogP contribution is 2.25. The smallest absolute Gasteiger partial charge is 0.154 e. The number of phenolic OH excluding ortho intramolecular Hbond substituents is 1. The molecule has 132 valence electrons. The fourth-order valence-corrected chi connectivity index (χ4v) is 2.93. The SMILES string of the molecule is Oc1ccc(Nc2nc(/C=C/c3cccc(Cl)c3)nc3ccccc23)cc1. The van der Waals surface area contributed by atoms with Crippen molar-refractivity contribution in [3.05, 3.63) is 89.2 Å². The fourth-order valence-electron chi connectivity index (χ4n) is 2.73. The Morgan fingerprint density at radius 2 is 1.67 bits per heavy atom. The van der Waals surface area contributed by atoms with Gasteiger partial charge in [0.05, 0.1) is 5.52 Å². The molecule has 0 unspecified atom stereocenters. The summed E-state index contributed by atoms with van der Waals surface area (Å²) in [6, 6.07) is 22.3. The van der Waals surface area contributed by atoms with Crippen LogP contribution in [0.5, 0.6) is 5.75 Å². The Morgan fingerprint density at radius 3 is 2.48 bits per heavy atom. The van der Waals surface area contributed by atoms with Gasteiger partial charge in [-0.05, 0) is 60.2 Å². The lowest BCUT2D eigenvalue weighted by molar-refractivity contribution is 0.475. The van der Waals surface area contributed by atoms with E-state index in [-0.39, 0.29) is 5.75 Å². The first-order valence-electron chi connectivity index (χ1n) is 8.44. The van der Waals surface area contributed by atoms with Crippen LogP contribution >= 0.6 is 11.6 Å². The van der Waals surface area contributed by atoms with E-state index in [0.717, 1.165) is 22.2 Å². The van der Waals surface area contributed by atoms with Gasteiger partial charge in [0.1, 0.15) is 11.6 Å². The molecule has 0 amide bonds. The maximum Gasteiger partial charge on any atom is 0.154 e. The predicted molar refractivity (Wildman–Crippen MR) is 111 cm³/mol. The van der Waals surface area contributed by atoms with E-state index in [9.17, 15) is 5.11 Å². The summed E-state index contributed by atoms with van der Waals surface area (Å²) in [5, 5.41) is 14.4. The number of nitrogens with one attached hydrogen (secondary N) is 1. The summed E-state index contributed by atoms with van der Waals surface area (Å²) in [6.45, 7) is 0. The van der Waals surface area contributed by atoms with Crippen LogP contribution in [0.1, 0.15) is 11.4 Å². The second-order valence-electron chi connectivity index (χ2n) is 6.01. The number of halogens is 1. The number of benzene rings is 3. The van der Waals surface area contributed by atoms with Gasteiger partial charge in [-0.2, -0.15) is 0 Å². The molecule has 1 aromatic heterocycles. The second kappa shape index (κ2) is 7.48. The maximum atomic E-state index is 9.46. The van der Waals surface area contributed by atoms with Gasteiger partial charge in [0.2, 0.25) is 0 Å². The van der Waals surface area contributed by atoms with Crippen molar-refractivity contribution in [1.29, 1.82) is 0 Å². The Hall–Kier alpha value is -3.37. The topological polar surface area (TPSA) is 58.0 Å². The van der Waals surface area contributed by atoms with Crippen molar-refractivity contribution in [2.45, 2.75) is 0 Å². The molecule has 4 nitrogen and oxygen atoms in total. The van der Waals surface area contributed by atoms with Crippen LogP contribution in [0.2, 0.25) is 5.02 Å². The highest BCUT2D eigenvalue weighted by Gasteiger charge is 2.06. The Bertz CT molecular complexity index is 1120. The van der Waals surface area contributed by atoms with E-state index in [4.69, 9.17) is 11.6 Å². The lowest BCUT2D eigenvalue weighted by atomic mass is 10.2. The van der Waals surface area contributed by atoms with Crippen LogP contribution in [0.15, 0.2) is 72.8 Å². The molecule has 0 radical (unpaired) electrons. The van der Waals surface area contributed by atoms with Crippen molar-refractivity contribution in [3.8, 4) is 5.75 Å². The number of aromatic hydroxyl groups is 1. The molecule has 27 heavy (non-hydrogen) atoms. The third kappa shape index (κ3) is 4.07. The number of fused-ring (bicyclic) bond motifs is 1. The Labute approximate surface area is 161 Å². The van der Waals surface area contributed by atoms with Gasteiger partial charge in [-0.15, -0.1) is 0 Å². The number of anilines is 2. The standard InChI is InChI=1S/C22H16ClN3O/c23-16-5-3-4-15(14-16)8-13-21-25-20-7-2-1-6-19(20)22(26-21)24-17-9-11-18(27)12-10-17/h1-14,27H,(H,24,25,26)/b13-8+. The van der Waals surface area contributed by atoms with Crippen LogP contribution < -0.4 is 5.32 Å². The summed E-state index contributed by atoms with van der Waals surface area (Å²) in [7, 11) is 0. The van der Waals surface area contributed by atoms with E-state index in [1.54, 1.807) is 24.3 Å². The molecule has 4 aromatic rings. The molecular weight excluding hydrogens is 358 g/mol. The van der Waals surface area contributed by atoms with Crippen molar-refractivity contribution >= 4 is 46.2 Å².